The minimum Gasteiger partial charge on any atom is -0.350 e. The lowest BCUT2D eigenvalue weighted by atomic mass is 10.1. The molecule has 1 N–H and O–H groups in total. The van der Waals surface area contributed by atoms with Gasteiger partial charge in [-0.3, -0.25) is 24.3 Å². The maximum atomic E-state index is 12.1. The van der Waals surface area contributed by atoms with Crippen LogP contribution in [0.25, 0.3) is 0 Å². The van der Waals surface area contributed by atoms with Gasteiger partial charge >= 0.3 is 0 Å². The van der Waals surface area contributed by atoms with E-state index in [1.165, 1.54) is 35.2 Å². The second-order valence-electron chi connectivity index (χ2n) is 5.65. The molecule has 3 rings (SSSR count). The molecule has 1 aliphatic rings. The van der Waals surface area contributed by atoms with Crippen molar-refractivity contribution in [3.63, 3.8) is 0 Å². The first-order valence-corrected chi connectivity index (χ1v) is 7.64. The van der Waals surface area contributed by atoms with Crippen LogP contribution in [-0.4, -0.2) is 26.9 Å². The fourth-order valence-electron chi connectivity index (χ4n) is 2.42. The van der Waals surface area contributed by atoms with Gasteiger partial charge in [-0.2, -0.15) is 0 Å². The van der Waals surface area contributed by atoms with Crippen molar-refractivity contribution in [1.82, 2.24) is 14.9 Å². The normalized spacial score (nSPS) is 13.5. The van der Waals surface area contributed by atoms with Crippen molar-refractivity contribution >= 4 is 11.6 Å². The summed E-state index contributed by atoms with van der Waals surface area (Å²) >= 11 is 0. The van der Waals surface area contributed by atoms with Gasteiger partial charge in [0, 0.05) is 31.1 Å². The Kier molecular flexibility index (Phi) is 4.37. The number of hydrogen-bond acceptors (Lipinski definition) is 5. The standard InChI is InChI=1S/C16H16N4O4/c21-15-9-13(11-5-6-11)18-10-19(15)8-7-17-16(22)12-3-1-2-4-14(12)20(23)24/h1-4,9-11H,5-8H2,(H,17,22). The van der Waals surface area contributed by atoms with E-state index in [1.807, 2.05) is 0 Å². The van der Waals surface area contributed by atoms with E-state index in [0.717, 1.165) is 18.5 Å². The maximum absolute atomic E-state index is 12.1. The van der Waals surface area contributed by atoms with Crippen LogP contribution in [-0.2, 0) is 6.54 Å². The number of rotatable bonds is 6. The molecule has 0 bridgehead atoms. The van der Waals surface area contributed by atoms with Crippen LogP contribution >= 0.6 is 0 Å². The SMILES string of the molecule is O=C(NCCn1cnc(C2CC2)cc1=O)c1ccccc1[N+](=O)[O-]. The molecule has 0 radical (unpaired) electrons. The minimum atomic E-state index is -0.597. The zero-order valence-corrected chi connectivity index (χ0v) is 12.8. The Hall–Kier alpha value is -3.03. The molecule has 1 fully saturated rings. The molecule has 0 saturated heterocycles. The molecule has 8 heteroatoms. The highest BCUT2D eigenvalue weighted by Crippen LogP contribution is 2.38. The van der Waals surface area contributed by atoms with Crippen molar-refractivity contribution in [2.24, 2.45) is 0 Å². The van der Waals surface area contributed by atoms with Crippen LogP contribution in [0.4, 0.5) is 5.69 Å². The van der Waals surface area contributed by atoms with Crippen molar-refractivity contribution in [3.05, 3.63) is 68.4 Å². The largest absolute Gasteiger partial charge is 0.350 e. The Morgan fingerprint density at radius 1 is 1.38 bits per heavy atom. The van der Waals surface area contributed by atoms with Gasteiger partial charge in [-0.05, 0) is 18.9 Å². The van der Waals surface area contributed by atoms with Crippen molar-refractivity contribution in [1.29, 1.82) is 0 Å². The van der Waals surface area contributed by atoms with Crippen LogP contribution in [0.15, 0.2) is 41.5 Å². The Morgan fingerprint density at radius 3 is 2.79 bits per heavy atom. The third-order valence-corrected chi connectivity index (χ3v) is 3.88. The molecule has 8 nitrogen and oxygen atoms in total. The summed E-state index contributed by atoms with van der Waals surface area (Å²) in [5, 5.41) is 13.5. The van der Waals surface area contributed by atoms with Crippen LogP contribution in [0.2, 0.25) is 0 Å². The highest BCUT2D eigenvalue weighted by Gasteiger charge is 2.25. The Labute approximate surface area is 137 Å². The summed E-state index contributed by atoms with van der Waals surface area (Å²) < 4.78 is 1.41. The van der Waals surface area contributed by atoms with E-state index in [4.69, 9.17) is 0 Å². The summed E-state index contributed by atoms with van der Waals surface area (Å²) in [4.78, 5) is 38.6. The number of amides is 1. The number of aromatic nitrogens is 2. The minimum absolute atomic E-state index is 0.00273. The van der Waals surface area contributed by atoms with E-state index in [9.17, 15) is 19.7 Å². The van der Waals surface area contributed by atoms with Crippen LogP contribution < -0.4 is 10.9 Å². The fourth-order valence-corrected chi connectivity index (χ4v) is 2.42. The molecule has 2 aromatic rings. The number of hydrogen-bond donors (Lipinski definition) is 1. The van der Waals surface area contributed by atoms with Gasteiger partial charge in [-0.15, -0.1) is 0 Å². The molecule has 1 aromatic carbocycles. The molecule has 0 unspecified atom stereocenters. The molecule has 1 amide bonds. The summed E-state index contributed by atoms with van der Waals surface area (Å²) in [6.07, 6.45) is 3.62. The van der Waals surface area contributed by atoms with Gasteiger partial charge in [-0.1, -0.05) is 12.1 Å². The molecule has 0 atom stereocenters. The van der Waals surface area contributed by atoms with E-state index in [1.54, 1.807) is 6.07 Å². The summed E-state index contributed by atoms with van der Waals surface area (Å²) in [5.41, 5.74) is 0.409. The van der Waals surface area contributed by atoms with Crippen molar-refractivity contribution in [3.8, 4) is 0 Å². The molecule has 0 spiro atoms. The fraction of sp³-hybridized carbons (Fsp3) is 0.312. The third-order valence-electron chi connectivity index (χ3n) is 3.88. The van der Waals surface area contributed by atoms with Gasteiger partial charge in [0.15, 0.2) is 0 Å². The number of carbonyl (C=O) groups excluding carboxylic acids is 1. The molecular weight excluding hydrogens is 312 g/mol. The summed E-state index contributed by atoms with van der Waals surface area (Å²) in [5.74, 6) is -0.136. The summed E-state index contributed by atoms with van der Waals surface area (Å²) in [6, 6.07) is 7.27. The molecule has 1 saturated carbocycles. The first-order valence-electron chi connectivity index (χ1n) is 7.64. The first-order chi connectivity index (χ1) is 11.6. The molecular formula is C16H16N4O4. The van der Waals surface area contributed by atoms with Crippen LogP contribution in [0.3, 0.4) is 0 Å². The van der Waals surface area contributed by atoms with Gasteiger partial charge in [0.2, 0.25) is 0 Å². The summed E-state index contributed by atoms with van der Waals surface area (Å²) in [6.45, 7) is 0.429. The predicted molar refractivity (Wildman–Crippen MR) is 85.9 cm³/mol. The number of carbonyl (C=O) groups is 1. The number of nitro groups is 1. The second kappa shape index (κ2) is 6.61. The zero-order chi connectivity index (χ0) is 17.1. The molecule has 24 heavy (non-hydrogen) atoms. The lowest BCUT2D eigenvalue weighted by Gasteiger charge is -2.08. The lowest BCUT2D eigenvalue weighted by Crippen LogP contribution is -2.31. The van der Waals surface area contributed by atoms with E-state index in [-0.39, 0.29) is 29.9 Å². The predicted octanol–water partition coefficient (Wildman–Crippen LogP) is 1.46. The van der Waals surface area contributed by atoms with E-state index >= 15 is 0 Å². The monoisotopic (exact) mass is 328 g/mol. The van der Waals surface area contributed by atoms with Gasteiger partial charge in [0.1, 0.15) is 5.56 Å². The quantitative estimate of drug-likeness (QED) is 0.638. The van der Waals surface area contributed by atoms with E-state index in [0.29, 0.717) is 5.92 Å². The van der Waals surface area contributed by atoms with Gasteiger partial charge in [-0.25, -0.2) is 4.98 Å². The first kappa shape index (κ1) is 15.9. The number of nitrogens with one attached hydrogen (secondary N) is 1. The summed E-state index contributed by atoms with van der Waals surface area (Å²) in [7, 11) is 0. The zero-order valence-electron chi connectivity index (χ0n) is 12.8. The Bertz CT molecular complexity index is 842. The highest BCUT2D eigenvalue weighted by atomic mass is 16.6. The maximum Gasteiger partial charge on any atom is 0.282 e. The Morgan fingerprint density at radius 2 is 2.12 bits per heavy atom. The van der Waals surface area contributed by atoms with Crippen molar-refractivity contribution < 1.29 is 9.72 Å². The number of nitro benzene ring substituents is 1. The number of benzene rings is 1. The molecule has 124 valence electrons. The lowest BCUT2D eigenvalue weighted by molar-refractivity contribution is -0.385. The molecule has 0 aliphatic heterocycles. The number of nitrogens with zero attached hydrogens (tertiary/aromatic N) is 3. The van der Waals surface area contributed by atoms with E-state index in [2.05, 4.69) is 10.3 Å². The highest BCUT2D eigenvalue weighted by molar-refractivity contribution is 5.98. The van der Waals surface area contributed by atoms with Crippen molar-refractivity contribution in [2.45, 2.75) is 25.3 Å². The van der Waals surface area contributed by atoms with Gasteiger partial charge in [0.25, 0.3) is 17.2 Å². The third kappa shape index (κ3) is 3.48. The van der Waals surface area contributed by atoms with Crippen LogP contribution in [0, 0.1) is 10.1 Å². The number of para-hydroxylation sites is 1. The molecule has 1 aliphatic carbocycles. The second-order valence-corrected chi connectivity index (χ2v) is 5.65. The smallest absolute Gasteiger partial charge is 0.282 e. The van der Waals surface area contributed by atoms with E-state index < -0.39 is 10.8 Å². The topological polar surface area (TPSA) is 107 Å². The van der Waals surface area contributed by atoms with Gasteiger partial charge in [0.05, 0.1) is 16.9 Å². The van der Waals surface area contributed by atoms with Gasteiger partial charge < -0.3 is 5.32 Å². The Balaban J connectivity index is 1.61. The van der Waals surface area contributed by atoms with Crippen LogP contribution in [0.1, 0.15) is 34.8 Å². The average Bonchev–Trinajstić information content (AvgIpc) is 3.41. The average molecular weight is 328 g/mol. The van der Waals surface area contributed by atoms with Crippen molar-refractivity contribution in [2.75, 3.05) is 6.54 Å². The van der Waals surface area contributed by atoms with Crippen LogP contribution in [0.5, 0.6) is 0 Å². The molecule has 1 heterocycles. The molecule has 1 aromatic heterocycles.